The molecule has 3 rings (SSSR count). The Labute approximate surface area is 138 Å². The second-order valence-corrected chi connectivity index (χ2v) is 7.10. The topological polar surface area (TPSA) is 49.8 Å². The number of piperidine rings is 1. The molecule has 0 spiro atoms. The molecule has 1 aromatic carbocycles. The lowest BCUT2D eigenvalue weighted by Gasteiger charge is -2.41. The van der Waals surface area contributed by atoms with Crippen molar-refractivity contribution in [2.75, 3.05) is 6.61 Å². The summed E-state index contributed by atoms with van der Waals surface area (Å²) < 4.78 is 5.78. The highest BCUT2D eigenvalue weighted by molar-refractivity contribution is 5.78. The molecule has 2 bridgehead atoms. The third-order valence-corrected chi connectivity index (χ3v) is 5.29. The monoisotopic (exact) mass is 317 g/mol. The molecule has 0 unspecified atom stereocenters. The number of fused-ring (bicyclic) bond motifs is 2. The minimum Gasteiger partial charge on any atom is -0.462 e. The molecule has 4 heteroatoms. The van der Waals surface area contributed by atoms with Crippen molar-refractivity contribution in [3.63, 3.8) is 0 Å². The molecule has 0 saturated carbocycles. The number of carbonyl (C=O) groups excluding carboxylic acids is 1. The Bertz CT molecular complexity index is 517. The van der Waals surface area contributed by atoms with Crippen LogP contribution in [-0.4, -0.2) is 46.8 Å². The number of hydrogen-bond acceptors (Lipinski definition) is 4. The van der Waals surface area contributed by atoms with E-state index < -0.39 is 5.92 Å². The van der Waals surface area contributed by atoms with Gasteiger partial charge in [-0.05, 0) is 32.3 Å². The Hall–Kier alpha value is -1.39. The molecule has 0 radical (unpaired) electrons. The molecule has 0 aromatic heterocycles. The van der Waals surface area contributed by atoms with E-state index >= 15 is 0 Å². The number of rotatable bonds is 5. The van der Waals surface area contributed by atoms with Gasteiger partial charge in [-0.2, -0.15) is 0 Å². The number of esters is 1. The number of nitrogens with zero attached hydrogens (tertiary/aromatic N) is 1. The average molecular weight is 317 g/mol. The van der Waals surface area contributed by atoms with Crippen molar-refractivity contribution in [1.82, 2.24) is 4.90 Å². The zero-order valence-electron chi connectivity index (χ0n) is 14.0. The number of carbonyl (C=O) groups is 1. The lowest BCUT2D eigenvalue weighted by atomic mass is 9.97. The molecule has 23 heavy (non-hydrogen) atoms. The maximum absolute atomic E-state index is 12.5. The summed E-state index contributed by atoms with van der Waals surface area (Å²) in [6.45, 7) is 4.28. The van der Waals surface area contributed by atoms with Gasteiger partial charge in [0, 0.05) is 31.0 Å². The largest absolute Gasteiger partial charge is 0.462 e. The Morgan fingerprint density at radius 1 is 1.22 bits per heavy atom. The first-order valence-corrected chi connectivity index (χ1v) is 8.74. The van der Waals surface area contributed by atoms with Crippen LogP contribution >= 0.6 is 0 Å². The van der Waals surface area contributed by atoms with Gasteiger partial charge in [-0.1, -0.05) is 30.3 Å². The van der Waals surface area contributed by atoms with E-state index in [-0.39, 0.29) is 18.7 Å². The Morgan fingerprint density at radius 3 is 2.35 bits per heavy atom. The summed E-state index contributed by atoms with van der Waals surface area (Å²) in [4.78, 5) is 15.1. The zero-order valence-corrected chi connectivity index (χ0v) is 14.0. The minimum absolute atomic E-state index is 0.00670. The number of aliphatic hydroxyl groups excluding tert-OH is 1. The molecule has 4 nitrogen and oxygen atoms in total. The number of benzene rings is 1. The van der Waals surface area contributed by atoms with Crippen molar-refractivity contribution in [2.24, 2.45) is 0 Å². The van der Waals surface area contributed by atoms with Crippen LogP contribution in [0.3, 0.4) is 0 Å². The van der Waals surface area contributed by atoms with Gasteiger partial charge in [0.2, 0.25) is 0 Å². The molecule has 2 aliphatic heterocycles. The summed E-state index contributed by atoms with van der Waals surface area (Å²) in [5, 5.41) is 9.60. The van der Waals surface area contributed by atoms with E-state index in [1.807, 2.05) is 30.3 Å². The van der Waals surface area contributed by atoms with Crippen LogP contribution in [0.15, 0.2) is 30.3 Å². The van der Waals surface area contributed by atoms with Crippen LogP contribution in [0.1, 0.15) is 51.0 Å². The van der Waals surface area contributed by atoms with Crippen LogP contribution in [0.2, 0.25) is 0 Å². The number of hydrogen-bond donors (Lipinski definition) is 1. The second-order valence-electron chi connectivity index (χ2n) is 7.10. The van der Waals surface area contributed by atoms with E-state index in [2.05, 4.69) is 18.7 Å². The maximum atomic E-state index is 12.5. The van der Waals surface area contributed by atoms with Crippen LogP contribution in [0, 0.1) is 0 Å². The second kappa shape index (κ2) is 7.02. The van der Waals surface area contributed by atoms with E-state index in [0.29, 0.717) is 18.1 Å². The molecule has 2 heterocycles. The Balaban J connectivity index is 1.63. The van der Waals surface area contributed by atoms with E-state index in [9.17, 15) is 9.90 Å². The van der Waals surface area contributed by atoms with E-state index in [4.69, 9.17) is 4.74 Å². The van der Waals surface area contributed by atoms with Gasteiger partial charge in [-0.15, -0.1) is 0 Å². The minimum atomic E-state index is -0.572. The lowest BCUT2D eigenvalue weighted by molar-refractivity contribution is -0.155. The van der Waals surface area contributed by atoms with Gasteiger partial charge in [0.1, 0.15) is 12.0 Å². The zero-order chi connectivity index (χ0) is 16.4. The number of ether oxygens (including phenoxy) is 1. The Morgan fingerprint density at radius 2 is 1.83 bits per heavy atom. The summed E-state index contributed by atoms with van der Waals surface area (Å²) >= 11 is 0. The van der Waals surface area contributed by atoms with Gasteiger partial charge in [-0.25, -0.2) is 0 Å². The molecular formula is C19H27NO3. The fourth-order valence-corrected chi connectivity index (χ4v) is 4.35. The summed E-state index contributed by atoms with van der Waals surface area (Å²) in [6, 6.07) is 11.0. The van der Waals surface area contributed by atoms with Gasteiger partial charge in [-0.3, -0.25) is 9.69 Å². The first kappa shape index (κ1) is 16.5. The van der Waals surface area contributed by atoms with Crippen molar-refractivity contribution in [3.8, 4) is 0 Å². The SMILES string of the molecule is CC(C)N1[C@H]2CC[C@H]1CC(OC(=O)[C@@H](CO)c1ccccc1)C2. The van der Waals surface area contributed by atoms with Crippen LogP contribution in [-0.2, 0) is 9.53 Å². The summed E-state index contributed by atoms with van der Waals surface area (Å²) in [7, 11) is 0. The fraction of sp³-hybridized carbons (Fsp3) is 0.632. The smallest absolute Gasteiger partial charge is 0.316 e. The van der Waals surface area contributed by atoms with Crippen molar-refractivity contribution >= 4 is 5.97 Å². The molecule has 126 valence electrons. The van der Waals surface area contributed by atoms with Crippen molar-refractivity contribution in [1.29, 1.82) is 0 Å². The van der Waals surface area contributed by atoms with Crippen LogP contribution in [0.5, 0.6) is 0 Å². The van der Waals surface area contributed by atoms with E-state index in [0.717, 1.165) is 18.4 Å². The third kappa shape index (κ3) is 3.43. The highest BCUT2D eigenvalue weighted by atomic mass is 16.5. The van der Waals surface area contributed by atoms with Crippen molar-refractivity contribution in [2.45, 2.75) is 69.7 Å². The van der Waals surface area contributed by atoms with Gasteiger partial charge < -0.3 is 9.84 Å². The standard InChI is InChI=1S/C19H27NO3/c1-13(2)20-15-8-9-16(20)11-17(10-15)23-19(22)18(12-21)14-6-4-3-5-7-14/h3-7,13,15-18,21H,8-12H2,1-2H3/t15-,16-,18-/m0/s1. The van der Waals surface area contributed by atoms with Crippen molar-refractivity contribution < 1.29 is 14.6 Å². The van der Waals surface area contributed by atoms with E-state index in [1.165, 1.54) is 12.8 Å². The normalized spacial score (nSPS) is 28.8. The third-order valence-electron chi connectivity index (χ3n) is 5.29. The molecule has 0 amide bonds. The quantitative estimate of drug-likeness (QED) is 0.848. The van der Waals surface area contributed by atoms with Gasteiger partial charge >= 0.3 is 5.97 Å². The molecule has 2 aliphatic rings. The lowest BCUT2D eigenvalue weighted by Crippen LogP contribution is -2.49. The molecular weight excluding hydrogens is 290 g/mol. The summed E-state index contributed by atoms with van der Waals surface area (Å²) in [5.74, 6) is -0.863. The first-order valence-electron chi connectivity index (χ1n) is 8.74. The average Bonchev–Trinajstić information content (AvgIpc) is 2.81. The summed E-state index contributed by atoms with van der Waals surface area (Å²) in [5.41, 5.74) is 0.822. The maximum Gasteiger partial charge on any atom is 0.316 e. The first-order chi connectivity index (χ1) is 11.1. The van der Waals surface area contributed by atoms with Crippen LogP contribution < -0.4 is 0 Å². The molecule has 2 fully saturated rings. The predicted molar refractivity (Wildman–Crippen MR) is 89.2 cm³/mol. The molecule has 0 aliphatic carbocycles. The molecule has 1 N–H and O–H groups in total. The van der Waals surface area contributed by atoms with Gasteiger partial charge in [0.25, 0.3) is 0 Å². The summed E-state index contributed by atoms with van der Waals surface area (Å²) in [6.07, 6.45) is 4.26. The molecule has 2 saturated heterocycles. The highest BCUT2D eigenvalue weighted by Gasteiger charge is 2.43. The van der Waals surface area contributed by atoms with Crippen molar-refractivity contribution in [3.05, 3.63) is 35.9 Å². The predicted octanol–water partition coefficient (Wildman–Crippen LogP) is 2.71. The molecule has 1 aromatic rings. The number of aliphatic hydroxyl groups is 1. The van der Waals surface area contributed by atoms with Crippen LogP contribution in [0.4, 0.5) is 0 Å². The highest BCUT2D eigenvalue weighted by Crippen LogP contribution is 2.38. The van der Waals surface area contributed by atoms with E-state index in [1.54, 1.807) is 0 Å². The fourth-order valence-electron chi connectivity index (χ4n) is 4.35. The van der Waals surface area contributed by atoms with Crippen LogP contribution in [0.25, 0.3) is 0 Å². The Kier molecular flexibility index (Phi) is 5.02. The molecule has 3 atom stereocenters. The van der Waals surface area contributed by atoms with Gasteiger partial charge in [0.15, 0.2) is 0 Å². The van der Waals surface area contributed by atoms with Gasteiger partial charge in [0.05, 0.1) is 6.61 Å².